The van der Waals surface area contributed by atoms with Crippen LogP contribution in [0, 0.1) is 29.1 Å². The van der Waals surface area contributed by atoms with Crippen molar-refractivity contribution in [2.75, 3.05) is 5.75 Å². The van der Waals surface area contributed by atoms with E-state index < -0.39 is 41.3 Å². The molecule has 18 heavy (non-hydrogen) atoms. The van der Waals surface area contributed by atoms with E-state index in [-0.39, 0.29) is 5.75 Å². The summed E-state index contributed by atoms with van der Waals surface area (Å²) in [5.74, 6) is -9.85. The van der Waals surface area contributed by atoms with Crippen molar-refractivity contribution in [3.8, 4) is 0 Å². The molecule has 1 rings (SSSR count). The highest BCUT2D eigenvalue weighted by atomic mass is 32.1. The molecule has 0 fully saturated rings. The molecule has 1 aromatic rings. The van der Waals surface area contributed by atoms with Crippen LogP contribution < -0.4 is 0 Å². The molecule has 1 aromatic carbocycles. The summed E-state index contributed by atoms with van der Waals surface area (Å²) in [6, 6.07) is 0. The lowest BCUT2D eigenvalue weighted by atomic mass is 10.2. The number of nitrogens with zero attached hydrogens (tertiary/aromatic N) is 1. The Kier molecular flexibility index (Phi) is 4.94. The van der Waals surface area contributed by atoms with Gasteiger partial charge in [-0.1, -0.05) is 5.16 Å². The van der Waals surface area contributed by atoms with Crippen molar-refractivity contribution in [2.24, 2.45) is 5.16 Å². The number of hydrogen-bond donors (Lipinski definition) is 1. The van der Waals surface area contributed by atoms with Gasteiger partial charge in [0, 0.05) is 5.75 Å². The minimum atomic E-state index is -2.20. The lowest BCUT2D eigenvalue weighted by molar-refractivity contribution is 0.122. The Labute approximate surface area is 105 Å². The largest absolute Gasteiger partial charge is 0.391 e. The van der Waals surface area contributed by atoms with Gasteiger partial charge in [0.1, 0.15) is 6.61 Å². The van der Waals surface area contributed by atoms with Crippen molar-refractivity contribution in [2.45, 2.75) is 13.5 Å². The predicted octanol–water partition coefficient (Wildman–Crippen LogP) is 3.20. The molecular formula is C10H8F5NOS. The number of benzene rings is 1. The zero-order chi connectivity index (χ0) is 13.9. The standard InChI is InChI=1S/C10H8F5NOS/c1-4(3-18)16-17-2-5-6(11)8(13)10(15)9(14)7(5)12/h18H,2-3H2,1H3/b16-4+. The summed E-state index contributed by atoms with van der Waals surface area (Å²) in [6.07, 6.45) is 0. The number of halogens is 5. The average Bonchev–Trinajstić information content (AvgIpc) is 2.37. The first-order valence-electron chi connectivity index (χ1n) is 4.66. The highest BCUT2D eigenvalue weighted by Crippen LogP contribution is 2.23. The van der Waals surface area contributed by atoms with Gasteiger partial charge in [0.2, 0.25) is 5.82 Å². The number of rotatable bonds is 4. The van der Waals surface area contributed by atoms with Crippen LogP contribution in [0.4, 0.5) is 22.0 Å². The van der Waals surface area contributed by atoms with Crippen LogP contribution in [0.2, 0.25) is 0 Å². The summed E-state index contributed by atoms with van der Waals surface area (Å²) in [5, 5.41) is 3.37. The maximum absolute atomic E-state index is 13.1. The first kappa shape index (κ1) is 14.7. The molecule has 0 heterocycles. The quantitative estimate of drug-likeness (QED) is 0.225. The van der Waals surface area contributed by atoms with Crippen LogP contribution in [-0.4, -0.2) is 11.5 Å². The monoisotopic (exact) mass is 285 g/mol. The van der Waals surface area contributed by atoms with Gasteiger partial charge in [-0.15, -0.1) is 0 Å². The molecule has 0 aliphatic rings. The zero-order valence-electron chi connectivity index (χ0n) is 9.11. The molecule has 0 aliphatic heterocycles. The van der Waals surface area contributed by atoms with Crippen molar-refractivity contribution < 1.29 is 26.8 Å². The Morgan fingerprint density at radius 2 is 1.44 bits per heavy atom. The third-order valence-electron chi connectivity index (χ3n) is 1.96. The van der Waals surface area contributed by atoms with E-state index in [1.807, 2.05) is 0 Å². The summed E-state index contributed by atoms with van der Waals surface area (Å²) in [4.78, 5) is 4.49. The van der Waals surface area contributed by atoms with Gasteiger partial charge < -0.3 is 4.84 Å². The minimum Gasteiger partial charge on any atom is -0.391 e. The number of oxime groups is 1. The first-order chi connectivity index (χ1) is 8.40. The molecular weight excluding hydrogens is 277 g/mol. The SMILES string of the molecule is C/C(CS)=N\OCc1c(F)c(F)c(F)c(F)c1F. The molecule has 0 saturated carbocycles. The molecule has 0 spiro atoms. The lowest BCUT2D eigenvalue weighted by Gasteiger charge is -2.07. The third kappa shape index (κ3) is 2.92. The van der Waals surface area contributed by atoms with Crippen molar-refractivity contribution in [1.82, 2.24) is 0 Å². The van der Waals surface area contributed by atoms with Gasteiger partial charge in [0.05, 0.1) is 11.3 Å². The first-order valence-corrected chi connectivity index (χ1v) is 5.30. The molecule has 8 heteroatoms. The topological polar surface area (TPSA) is 21.6 Å². The average molecular weight is 285 g/mol. The Bertz CT molecular complexity index is 463. The van der Waals surface area contributed by atoms with Crippen molar-refractivity contribution in [3.05, 3.63) is 34.6 Å². The molecule has 0 aliphatic carbocycles. The van der Waals surface area contributed by atoms with E-state index in [1.165, 1.54) is 6.92 Å². The highest BCUT2D eigenvalue weighted by Gasteiger charge is 2.25. The molecule has 0 atom stereocenters. The number of thiol groups is 1. The molecule has 2 nitrogen and oxygen atoms in total. The van der Waals surface area contributed by atoms with Crippen LogP contribution >= 0.6 is 12.6 Å². The van der Waals surface area contributed by atoms with Gasteiger partial charge in [0.15, 0.2) is 23.3 Å². The normalized spacial score (nSPS) is 11.8. The van der Waals surface area contributed by atoms with Crippen LogP contribution in [0.5, 0.6) is 0 Å². The molecule has 0 radical (unpaired) electrons. The van der Waals surface area contributed by atoms with Gasteiger partial charge in [-0.25, -0.2) is 22.0 Å². The summed E-state index contributed by atoms with van der Waals surface area (Å²) >= 11 is 3.83. The Balaban J connectivity index is 3.03. The lowest BCUT2D eigenvalue weighted by Crippen LogP contribution is -2.08. The van der Waals surface area contributed by atoms with E-state index in [9.17, 15) is 22.0 Å². The summed E-state index contributed by atoms with van der Waals surface area (Å²) in [7, 11) is 0. The fraction of sp³-hybridized carbons (Fsp3) is 0.300. The van der Waals surface area contributed by atoms with Crippen LogP contribution in [-0.2, 0) is 11.4 Å². The van der Waals surface area contributed by atoms with Crippen molar-refractivity contribution in [1.29, 1.82) is 0 Å². The second-order valence-electron chi connectivity index (χ2n) is 3.31. The van der Waals surface area contributed by atoms with Crippen LogP contribution in [0.1, 0.15) is 12.5 Å². The summed E-state index contributed by atoms with van der Waals surface area (Å²) in [5.41, 5.74) is -0.677. The van der Waals surface area contributed by atoms with Crippen molar-refractivity contribution >= 4 is 18.3 Å². The predicted molar refractivity (Wildman–Crippen MR) is 58.0 cm³/mol. The van der Waals surface area contributed by atoms with Gasteiger partial charge in [-0.2, -0.15) is 12.6 Å². The fourth-order valence-corrected chi connectivity index (χ4v) is 1.07. The summed E-state index contributed by atoms with van der Waals surface area (Å²) in [6.45, 7) is 0.655. The van der Waals surface area contributed by atoms with Crippen LogP contribution in [0.25, 0.3) is 0 Å². The maximum Gasteiger partial charge on any atom is 0.200 e. The van der Waals surface area contributed by atoms with Gasteiger partial charge in [-0.3, -0.25) is 0 Å². The summed E-state index contributed by atoms with van der Waals surface area (Å²) < 4.78 is 64.6. The molecule has 0 saturated heterocycles. The van der Waals surface area contributed by atoms with Crippen molar-refractivity contribution in [3.63, 3.8) is 0 Å². The fourth-order valence-electron chi connectivity index (χ4n) is 1.01. The van der Waals surface area contributed by atoms with E-state index >= 15 is 0 Å². The minimum absolute atomic E-state index is 0.233. The van der Waals surface area contributed by atoms with Crippen LogP contribution in [0.3, 0.4) is 0 Å². The maximum atomic E-state index is 13.1. The Hall–Kier alpha value is -1.31. The zero-order valence-corrected chi connectivity index (χ0v) is 10.0. The highest BCUT2D eigenvalue weighted by molar-refractivity contribution is 7.81. The molecule has 0 bridgehead atoms. The van der Waals surface area contributed by atoms with E-state index in [0.29, 0.717) is 5.71 Å². The van der Waals surface area contributed by atoms with Crippen LogP contribution in [0.15, 0.2) is 5.16 Å². The Morgan fingerprint density at radius 3 is 1.89 bits per heavy atom. The second-order valence-corrected chi connectivity index (χ2v) is 3.62. The van der Waals surface area contributed by atoms with Gasteiger partial charge in [0.25, 0.3) is 0 Å². The Morgan fingerprint density at radius 1 is 1.00 bits per heavy atom. The van der Waals surface area contributed by atoms with E-state index in [2.05, 4.69) is 22.6 Å². The van der Waals surface area contributed by atoms with Gasteiger partial charge in [-0.05, 0) is 6.92 Å². The van der Waals surface area contributed by atoms with Gasteiger partial charge >= 0.3 is 0 Å². The second kappa shape index (κ2) is 6.03. The van der Waals surface area contributed by atoms with E-state index in [1.54, 1.807) is 0 Å². The smallest absolute Gasteiger partial charge is 0.200 e. The molecule has 0 amide bonds. The molecule has 0 aromatic heterocycles. The van der Waals surface area contributed by atoms with E-state index in [4.69, 9.17) is 0 Å². The molecule has 0 N–H and O–H groups in total. The number of hydrogen-bond acceptors (Lipinski definition) is 3. The van der Waals surface area contributed by atoms with E-state index in [0.717, 1.165) is 0 Å². The molecule has 100 valence electrons. The molecule has 0 unspecified atom stereocenters. The third-order valence-corrected chi connectivity index (χ3v) is 2.42.